The van der Waals surface area contributed by atoms with E-state index in [0.717, 1.165) is 59.8 Å². The van der Waals surface area contributed by atoms with Crippen LogP contribution in [0.3, 0.4) is 0 Å². The first-order valence-electron chi connectivity index (χ1n) is 11.8. The van der Waals surface area contributed by atoms with E-state index in [1.807, 2.05) is 47.4 Å². The monoisotopic (exact) mass is 430 g/mol. The summed E-state index contributed by atoms with van der Waals surface area (Å²) in [6.45, 7) is 0.548. The van der Waals surface area contributed by atoms with Crippen LogP contribution in [0, 0.1) is 5.92 Å². The summed E-state index contributed by atoms with van der Waals surface area (Å²) in [5.41, 5.74) is 4.12. The maximum Gasteiger partial charge on any atom is 0.305 e. The van der Waals surface area contributed by atoms with Gasteiger partial charge >= 0.3 is 5.97 Å². The average Bonchev–Trinajstić information content (AvgIpc) is 3.19. The van der Waals surface area contributed by atoms with Crippen molar-refractivity contribution in [2.45, 2.75) is 56.9 Å². The number of benzene rings is 2. The Bertz CT molecular complexity index is 1110. The zero-order valence-electron chi connectivity index (χ0n) is 18.3. The van der Waals surface area contributed by atoms with Crippen LogP contribution in [-0.2, 0) is 16.0 Å². The van der Waals surface area contributed by atoms with Gasteiger partial charge in [0, 0.05) is 35.1 Å². The molecule has 5 heteroatoms. The molecule has 166 valence electrons. The molecule has 2 aromatic carbocycles. The number of aromatic amines is 1. The van der Waals surface area contributed by atoms with E-state index < -0.39 is 12.0 Å². The first-order valence-corrected chi connectivity index (χ1v) is 11.8. The first-order chi connectivity index (χ1) is 15.6. The highest BCUT2D eigenvalue weighted by molar-refractivity contribution is 5.90. The molecule has 5 rings (SSSR count). The lowest BCUT2D eigenvalue weighted by atomic mass is 9.75. The summed E-state index contributed by atoms with van der Waals surface area (Å²) in [4.78, 5) is 31.4. The number of carbonyl (C=O) groups excluding carboxylic acids is 1. The first kappa shape index (κ1) is 20.8. The molecule has 3 aromatic rings. The number of rotatable bonds is 5. The topological polar surface area (TPSA) is 73.4 Å². The Morgan fingerprint density at radius 2 is 1.72 bits per heavy atom. The summed E-state index contributed by atoms with van der Waals surface area (Å²) in [5.74, 6) is -0.682. The molecule has 2 heterocycles. The van der Waals surface area contributed by atoms with Crippen molar-refractivity contribution in [1.82, 2.24) is 9.88 Å². The van der Waals surface area contributed by atoms with Crippen LogP contribution in [0.15, 0.2) is 54.6 Å². The van der Waals surface area contributed by atoms with E-state index in [1.54, 1.807) is 0 Å². The lowest BCUT2D eigenvalue weighted by molar-refractivity contribution is -0.142. The van der Waals surface area contributed by atoms with Crippen LogP contribution in [0.25, 0.3) is 10.9 Å². The summed E-state index contributed by atoms with van der Waals surface area (Å²) in [6.07, 6.45) is 6.31. The van der Waals surface area contributed by atoms with Crippen LogP contribution >= 0.6 is 0 Å². The predicted octanol–water partition coefficient (Wildman–Crippen LogP) is 5.43. The summed E-state index contributed by atoms with van der Waals surface area (Å²) >= 11 is 0. The van der Waals surface area contributed by atoms with Crippen LogP contribution in [0.5, 0.6) is 0 Å². The van der Waals surface area contributed by atoms with Crippen molar-refractivity contribution in [3.63, 3.8) is 0 Å². The Morgan fingerprint density at radius 3 is 2.47 bits per heavy atom. The maximum absolute atomic E-state index is 14.2. The minimum absolute atomic E-state index is 0.0766. The van der Waals surface area contributed by atoms with E-state index >= 15 is 0 Å². The van der Waals surface area contributed by atoms with Gasteiger partial charge in [0.2, 0.25) is 5.91 Å². The molecule has 1 aliphatic heterocycles. The molecule has 32 heavy (non-hydrogen) atoms. The number of hydrogen-bond donors (Lipinski definition) is 2. The second kappa shape index (κ2) is 8.81. The summed E-state index contributed by atoms with van der Waals surface area (Å²) in [6, 6.07) is 17.7. The highest BCUT2D eigenvalue weighted by Gasteiger charge is 2.40. The molecule has 1 aromatic heterocycles. The summed E-state index contributed by atoms with van der Waals surface area (Å²) in [7, 11) is 0. The third kappa shape index (κ3) is 3.81. The van der Waals surface area contributed by atoms with E-state index in [-0.39, 0.29) is 18.2 Å². The third-order valence-electron chi connectivity index (χ3n) is 7.34. The van der Waals surface area contributed by atoms with E-state index in [4.69, 9.17) is 0 Å². The molecular formula is C27H30N2O3. The summed E-state index contributed by atoms with van der Waals surface area (Å²) in [5, 5.41) is 10.8. The highest BCUT2D eigenvalue weighted by atomic mass is 16.4. The van der Waals surface area contributed by atoms with Gasteiger partial charge in [-0.2, -0.15) is 0 Å². The normalized spacial score (nSPS) is 20.1. The lowest BCUT2D eigenvalue weighted by Crippen LogP contribution is -2.44. The van der Waals surface area contributed by atoms with Crippen LogP contribution < -0.4 is 0 Å². The molecule has 1 fully saturated rings. The Labute approximate surface area is 188 Å². The van der Waals surface area contributed by atoms with Crippen molar-refractivity contribution >= 4 is 22.8 Å². The number of hydrogen-bond acceptors (Lipinski definition) is 2. The molecule has 2 N–H and O–H groups in total. The largest absolute Gasteiger partial charge is 0.481 e. The lowest BCUT2D eigenvalue weighted by Gasteiger charge is -2.40. The molecule has 0 radical (unpaired) electrons. The highest BCUT2D eigenvalue weighted by Crippen LogP contribution is 2.42. The number of aromatic nitrogens is 1. The Hall–Kier alpha value is -3.08. The van der Waals surface area contributed by atoms with Gasteiger partial charge in [-0.1, -0.05) is 67.8 Å². The fourth-order valence-electron chi connectivity index (χ4n) is 5.91. The van der Waals surface area contributed by atoms with E-state index in [9.17, 15) is 14.7 Å². The molecule has 0 spiro atoms. The Morgan fingerprint density at radius 1 is 1.00 bits per heavy atom. The van der Waals surface area contributed by atoms with Gasteiger partial charge in [-0.15, -0.1) is 0 Å². The number of amides is 1. The molecule has 2 aliphatic rings. The van der Waals surface area contributed by atoms with E-state index in [2.05, 4.69) is 17.1 Å². The average molecular weight is 431 g/mol. The fourth-order valence-corrected chi connectivity index (χ4v) is 5.91. The van der Waals surface area contributed by atoms with Gasteiger partial charge in [-0.25, -0.2) is 0 Å². The number of carbonyl (C=O) groups is 2. The zero-order chi connectivity index (χ0) is 22.1. The van der Waals surface area contributed by atoms with Crippen molar-refractivity contribution < 1.29 is 14.7 Å². The number of carboxylic acid groups (broad SMARTS) is 1. The van der Waals surface area contributed by atoms with Gasteiger partial charge in [0.15, 0.2) is 0 Å². The van der Waals surface area contributed by atoms with Gasteiger partial charge < -0.3 is 15.0 Å². The number of nitrogens with one attached hydrogen (secondary N) is 1. The van der Waals surface area contributed by atoms with Gasteiger partial charge in [-0.05, 0) is 30.4 Å². The van der Waals surface area contributed by atoms with Crippen LogP contribution in [0.4, 0.5) is 0 Å². The molecule has 0 saturated heterocycles. The number of para-hydroxylation sites is 1. The molecular weight excluding hydrogens is 400 g/mol. The van der Waals surface area contributed by atoms with Crippen molar-refractivity contribution in [2.24, 2.45) is 5.92 Å². The molecule has 0 bridgehead atoms. The smallest absolute Gasteiger partial charge is 0.305 e. The van der Waals surface area contributed by atoms with Crippen LogP contribution in [-0.4, -0.2) is 33.4 Å². The number of nitrogens with zero attached hydrogens (tertiary/aromatic N) is 1. The second-order valence-corrected chi connectivity index (χ2v) is 9.24. The standard InChI is InChI=1S/C27H30N2O3/c30-24(31)17-23-26-20-13-7-8-14-21(20)28-22(26)15-16-29(23)27(32)25(18-9-3-1-4-10-18)19-11-5-2-6-12-19/h1,3-4,7-10,13-14,19,23,25,28H,2,5-6,11-12,15-17H2,(H,30,31). The number of H-pyrrole nitrogens is 1. The minimum atomic E-state index is -0.875. The third-order valence-corrected chi connectivity index (χ3v) is 7.34. The van der Waals surface area contributed by atoms with Gasteiger partial charge in [0.25, 0.3) is 0 Å². The number of fused-ring (bicyclic) bond motifs is 3. The Kier molecular flexibility index (Phi) is 5.73. The Balaban J connectivity index is 1.56. The maximum atomic E-state index is 14.2. The van der Waals surface area contributed by atoms with Crippen molar-refractivity contribution in [2.75, 3.05) is 6.54 Å². The van der Waals surface area contributed by atoms with Crippen LogP contribution in [0.2, 0.25) is 0 Å². The molecule has 1 amide bonds. The van der Waals surface area contributed by atoms with Crippen molar-refractivity contribution in [3.05, 3.63) is 71.4 Å². The van der Waals surface area contributed by atoms with Gasteiger partial charge in [-0.3, -0.25) is 9.59 Å². The van der Waals surface area contributed by atoms with Crippen molar-refractivity contribution in [1.29, 1.82) is 0 Å². The van der Waals surface area contributed by atoms with Gasteiger partial charge in [0.05, 0.1) is 18.4 Å². The fraction of sp³-hybridized carbons (Fsp3) is 0.407. The molecule has 1 saturated carbocycles. The van der Waals surface area contributed by atoms with Crippen molar-refractivity contribution in [3.8, 4) is 0 Å². The quantitative estimate of drug-likeness (QED) is 0.567. The molecule has 2 unspecified atom stereocenters. The molecule has 1 aliphatic carbocycles. The molecule has 5 nitrogen and oxygen atoms in total. The summed E-state index contributed by atoms with van der Waals surface area (Å²) < 4.78 is 0. The number of carboxylic acids is 1. The van der Waals surface area contributed by atoms with E-state index in [0.29, 0.717) is 12.5 Å². The number of aliphatic carboxylic acids is 1. The van der Waals surface area contributed by atoms with Crippen LogP contribution in [0.1, 0.15) is 67.3 Å². The zero-order valence-corrected chi connectivity index (χ0v) is 18.3. The molecule has 2 atom stereocenters. The minimum Gasteiger partial charge on any atom is -0.481 e. The van der Waals surface area contributed by atoms with E-state index in [1.165, 1.54) is 6.42 Å². The SMILES string of the molecule is O=C(O)CC1c2c([nH]c3ccccc23)CCN1C(=O)C(c1ccccc1)C1CCCCC1. The second-order valence-electron chi connectivity index (χ2n) is 9.24. The van der Waals surface area contributed by atoms with Gasteiger partial charge in [0.1, 0.15) is 0 Å². The predicted molar refractivity (Wildman–Crippen MR) is 124 cm³/mol.